The number of esters is 1. The Hall–Kier alpha value is -1.21. The average Bonchev–Trinajstić information content (AvgIpc) is 2.89. The number of nitrogens with one attached hydrogen (secondary N) is 1. The molecule has 0 aliphatic heterocycles. The number of thiophene rings is 1. The summed E-state index contributed by atoms with van der Waals surface area (Å²) < 4.78 is 9.83. The van der Waals surface area contributed by atoms with Gasteiger partial charge in [-0.25, -0.2) is 9.59 Å². The molecule has 0 aliphatic rings. The summed E-state index contributed by atoms with van der Waals surface area (Å²) in [6, 6.07) is 3.68. The van der Waals surface area contributed by atoms with Crippen LogP contribution in [0.25, 0.3) is 0 Å². The first-order valence-electron chi connectivity index (χ1n) is 7.03. The third-order valence-electron chi connectivity index (χ3n) is 2.65. The smallest absolute Gasteiger partial charge is 0.407 e. The highest BCUT2D eigenvalue weighted by molar-refractivity contribution is 7.81. The number of rotatable bonds is 6. The molecule has 7 heteroatoms. The summed E-state index contributed by atoms with van der Waals surface area (Å²) in [5.74, 6) is -0.315. The highest BCUT2D eigenvalue weighted by Crippen LogP contribution is 2.20. The van der Waals surface area contributed by atoms with Crippen LogP contribution in [0, 0.1) is 0 Å². The number of thiol groups is 1. The van der Waals surface area contributed by atoms with Crippen LogP contribution in [0.1, 0.15) is 41.7 Å². The SMILES string of the molecule is COC(=O)c1ccc(CC[C@H](S)CNC(=O)OC(C)(C)C)s1. The molecule has 1 aromatic heterocycles. The molecule has 1 aromatic rings. The Kier molecular flexibility index (Phi) is 7.22. The molecule has 0 aliphatic carbocycles. The van der Waals surface area contributed by atoms with Crippen LogP contribution in [0.5, 0.6) is 0 Å². The van der Waals surface area contributed by atoms with Crippen LogP contribution in [-0.2, 0) is 15.9 Å². The van der Waals surface area contributed by atoms with E-state index in [2.05, 4.69) is 22.7 Å². The van der Waals surface area contributed by atoms with Crippen molar-refractivity contribution in [1.29, 1.82) is 0 Å². The predicted octanol–water partition coefficient (Wildman–Crippen LogP) is 3.29. The Balaban J connectivity index is 2.31. The van der Waals surface area contributed by atoms with E-state index in [9.17, 15) is 9.59 Å². The van der Waals surface area contributed by atoms with E-state index in [4.69, 9.17) is 4.74 Å². The van der Waals surface area contributed by atoms with E-state index in [1.54, 1.807) is 6.07 Å². The van der Waals surface area contributed by atoms with Crippen LogP contribution in [0.3, 0.4) is 0 Å². The Bertz CT molecular complexity index is 508. The summed E-state index contributed by atoms with van der Waals surface area (Å²) in [6.07, 6.45) is 1.15. The van der Waals surface area contributed by atoms with Crippen molar-refractivity contribution < 1.29 is 19.1 Å². The van der Waals surface area contributed by atoms with E-state index < -0.39 is 11.7 Å². The van der Waals surface area contributed by atoms with Gasteiger partial charge in [0.1, 0.15) is 10.5 Å². The number of amides is 1. The van der Waals surface area contributed by atoms with Gasteiger partial charge in [-0.05, 0) is 45.7 Å². The third kappa shape index (κ3) is 7.17. The van der Waals surface area contributed by atoms with Gasteiger partial charge in [0, 0.05) is 16.7 Å². The van der Waals surface area contributed by atoms with Crippen molar-refractivity contribution in [3.8, 4) is 0 Å². The van der Waals surface area contributed by atoms with Crippen LogP contribution in [-0.4, -0.2) is 36.6 Å². The normalized spacial score (nSPS) is 12.6. The minimum atomic E-state index is -0.503. The number of carbonyl (C=O) groups excluding carboxylic acids is 2. The molecule has 1 rings (SSSR count). The van der Waals surface area contributed by atoms with Crippen molar-refractivity contribution in [3.05, 3.63) is 21.9 Å². The molecule has 1 heterocycles. The van der Waals surface area contributed by atoms with Gasteiger partial charge in [-0.15, -0.1) is 11.3 Å². The Morgan fingerprint density at radius 3 is 2.64 bits per heavy atom. The maximum Gasteiger partial charge on any atom is 0.407 e. The molecule has 5 nitrogen and oxygen atoms in total. The van der Waals surface area contributed by atoms with Crippen LogP contribution in [0.2, 0.25) is 0 Å². The second kappa shape index (κ2) is 8.43. The monoisotopic (exact) mass is 345 g/mol. The number of methoxy groups -OCH3 is 1. The maximum atomic E-state index is 11.5. The van der Waals surface area contributed by atoms with Crippen LogP contribution in [0.4, 0.5) is 4.79 Å². The second-order valence-corrected chi connectivity index (χ2v) is 7.73. The Labute approximate surface area is 140 Å². The van der Waals surface area contributed by atoms with E-state index in [0.717, 1.165) is 17.7 Å². The molecule has 0 radical (unpaired) electrons. The summed E-state index contributed by atoms with van der Waals surface area (Å²) in [6.45, 7) is 5.90. The van der Waals surface area contributed by atoms with Gasteiger partial charge in [0.05, 0.1) is 7.11 Å². The molecule has 1 atom stereocenters. The van der Waals surface area contributed by atoms with Crippen molar-refractivity contribution >= 4 is 36.0 Å². The topological polar surface area (TPSA) is 64.6 Å². The maximum absolute atomic E-state index is 11.5. The first-order chi connectivity index (χ1) is 10.2. The highest BCUT2D eigenvalue weighted by atomic mass is 32.1. The second-order valence-electron chi connectivity index (χ2n) is 5.83. The van der Waals surface area contributed by atoms with Gasteiger partial charge in [-0.2, -0.15) is 12.6 Å². The summed E-state index contributed by atoms with van der Waals surface area (Å²) in [5, 5.41) is 2.72. The first kappa shape index (κ1) is 18.8. The number of alkyl carbamates (subject to hydrolysis) is 1. The summed E-state index contributed by atoms with van der Waals surface area (Å²) in [7, 11) is 1.37. The Morgan fingerprint density at radius 1 is 1.36 bits per heavy atom. The zero-order chi connectivity index (χ0) is 16.8. The number of hydrogen-bond donors (Lipinski definition) is 2. The summed E-state index contributed by atoms with van der Waals surface area (Å²) in [5.41, 5.74) is -0.503. The fourth-order valence-corrected chi connectivity index (χ4v) is 2.81. The molecule has 0 spiro atoms. The van der Waals surface area contributed by atoms with Gasteiger partial charge in [-0.3, -0.25) is 0 Å². The van der Waals surface area contributed by atoms with E-state index in [-0.39, 0.29) is 11.2 Å². The molecule has 124 valence electrons. The number of aryl methyl sites for hydroxylation is 1. The minimum absolute atomic E-state index is 0.0243. The van der Waals surface area contributed by atoms with E-state index in [1.807, 2.05) is 26.8 Å². The van der Waals surface area contributed by atoms with Gasteiger partial charge in [0.25, 0.3) is 0 Å². The zero-order valence-corrected chi connectivity index (χ0v) is 15.1. The number of hydrogen-bond acceptors (Lipinski definition) is 6. The molecular weight excluding hydrogens is 322 g/mol. The largest absolute Gasteiger partial charge is 0.465 e. The van der Waals surface area contributed by atoms with Crippen LogP contribution in [0.15, 0.2) is 12.1 Å². The fourth-order valence-electron chi connectivity index (χ4n) is 1.65. The van der Waals surface area contributed by atoms with Crippen molar-refractivity contribution in [2.45, 2.75) is 44.5 Å². The van der Waals surface area contributed by atoms with Crippen LogP contribution >= 0.6 is 24.0 Å². The Morgan fingerprint density at radius 2 is 2.05 bits per heavy atom. The fraction of sp³-hybridized carbons (Fsp3) is 0.600. The standard InChI is InChI=1S/C15H23NO4S2/c1-15(2,3)20-14(18)16-9-10(21)5-6-11-7-8-12(22-11)13(17)19-4/h7-8,10,21H,5-6,9H2,1-4H3,(H,16,18)/t10-/m0/s1. The van der Waals surface area contributed by atoms with Crippen molar-refractivity contribution in [2.75, 3.05) is 13.7 Å². The summed E-state index contributed by atoms with van der Waals surface area (Å²) in [4.78, 5) is 24.6. The molecule has 1 N–H and O–H groups in total. The molecule has 0 saturated carbocycles. The highest BCUT2D eigenvalue weighted by Gasteiger charge is 2.16. The van der Waals surface area contributed by atoms with Crippen molar-refractivity contribution in [1.82, 2.24) is 5.32 Å². The lowest BCUT2D eigenvalue weighted by molar-refractivity contribution is 0.0526. The lowest BCUT2D eigenvalue weighted by Crippen LogP contribution is -2.35. The molecule has 22 heavy (non-hydrogen) atoms. The number of ether oxygens (including phenoxy) is 2. The molecular formula is C15H23NO4S2. The van der Waals surface area contributed by atoms with E-state index in [1.165, 1.54) is 18.4 Å². The molecule has 0 fully saturated rings. The van der Waals surface area contributed by atoms with Crippen molar-refractivity contribution in [2.24, 2.45) is 0 Å². The van der Waals surface area contributed by atoms with Gasteiger partial charge < -0.3 is 14.8 Å². The average molecular weight is 345 g/mol. The third-order valence-corrected chi connectivity index (χ3v) is 4.22. The minimum Gasteiger partial charge on any atom is -0.465 e. The number of carbonyl (C=O) groups is 2. The van der Waals surface area contributed by atoms with Gasteiger partial charge in [0.2, 0.25) is 0 Å². The molecule has 0 aromatic carbocycles. The predicted molar refractivity (Wildman–Crippen MR) is 91.0 cm³/mol. The lowest BCUT2D eigenvalue weighted by atomic mass is 10.2. The molecule has 1 amide bonds. The summed E-state index contributed by atoms with van der Waals surface area (Å²) >= 11 is 5.87. The van der Waals surface area contributed by atoms with Gasteiger partial charge >= 0.3 is 12.1 Å². The van der Waals surface area contributed by atoms with E-state index in [0.29, 0.717) is 11.4 Å². The lowest BCUT2D eigenvalue weighted by Gasteiger charge is -2.20. The first-order valence-corrected chi connectivity index (χ1v) is 8.36. The zero-order valence-electron chi connectivity index (χ0n) is 13.3. The van der Waals surface area contributed by atoms with E-state index >= 15 is 0 Å². The molecule has 0 unspecified atom stereocenters. The van der Waals surface area contributed by atoms with Crippen LogP contribution < -0.4 is 5.32 Å². The molecule has 0 bridgehead atoms. The molecule has 0 saturated heterocycles. The van der Waals surface area contributed by atoms with Gasteiger partial charge in [-0.1, -0.05) is 0 Å². The quantitative estimate of drug-likeness (QED) is 0.613. The van der Waals surface area contributed by atoms with Crippen molar-refractivity contribution in [3.63, 3.8) is 0 Å². The van der Waals surface area contributed by atoms with Gasteiger partial charge in [0.15, 0.2) is 0 Å².